The first-order valence-electron chi connectivity index (χ1n) is 7.70. The molecule has 2 aromatic carbocycles. The van der Waals surface area contributed by atoms with Crippen molar-refractivity contribution in [2.45, 2.75) is 12.7 Å². The van der Waals surface area contributed by atoms with Crippen molar-refractivity contribution >= 4 is 16.5 Å². The molecule has 1 unspecified atom stereocenters. The van der Waals surface area contributed by atoms with Gasteiger partial charge in [0.2, 0.25) is 5.79 Å². The Kier molecular flexibility index (Phi) is 3.28. The summed E-state index contributed by atoms with van der Waals surface area (Å²) in [5, 5.41) is 0.747. The van der Waals surface area contributed by atoms with Crippen molar-refractivity contribution in [1.29, 1.82) is 0 Å². The summed E-state index contributed by atoms with van der Waals surface area (Å²) in [6.07, 6.45) is 1.82. The van der Waals surface area contributed by atoms with Crippen molar-refractivity contribution < 1.29 is 13.9 Å². The third-order valence-electron chi connectivity index (χ3n) is 4.24. The number of rotatable bonds is 2. The Labute approximate surface area is 138 Å². The van der Waals surface area contributed by atoms with E-state index in [1.54, 1.807) is 13.2 Å². The Hall–Kier alpha value is -2.85. The van der Waals surface area contributed by atoms with Gasteiger partial charge >= 0.3 is 5.63 Å². The molecule has 24 heavy (non-hydrogen) atoms. The maximum Gasteiger partial charge on any atom is 0.348 e. The molecular weight excluding hydrogens is 304 g/mol. The number of hydrogen-bond acceptors (Lipinski definition) is 4. The number of ether oxygens (including phenoxy) is 2. The summed E-state index contributed by atoms with van der Waals surface area (Å²) in [4.78, 5) is 12.6. The predicted molar refractivity (Wildman–Crippen MR) is 92.0 cm³/mol. The second kappa shape index (κ2) is 5.35. The molecule has 0 amide bonds. The minimum atomic E-state index is -0.964. The van der Waals surface area contributed by atoms with Gasteiger partial charge in [0, 0.05) is 19.6 Å². The van der Waals surface area contributed by atoms with E-state index in [0.717, 1.165) is 16.5 Å². The maximum absolute atomic E-state index is 12.6. The SMILES string of the molecule is COC1(C)C=C(c2ccccc2)c2c(c3ccccc3oc2=O)O1. The lowest BCUT2D eigenvalue weighted by Gasteiger charge is -2.32. The molecule has 4 rings (SSSR count). The van der Waals surface area contributed by atoms with Crippen LogP contribution < -0.4 is 10.4 Å². The summed E-state index contributed by atoms with van der Waals surface area (Å²) < 4.78 is 17.1. The molecule has 0 fully saturated rings. The first-order chi connectivity index (χ1) is 11.6. The van der Waals surface area contributed by atoms with Crippen molar-refractivity contribution in [2.75, 3.05) is 7.11 Å². The zero-order chi connectivity index (χ0) is 16.7. The van der Waals surface area contributed by atoms with Gasteiger partial charge in [0.1, 0.15) is 16.9 Å². The van der Waals surface area contributed by atoms with E-state index < -0.39 is 11.4 Å². The molecule has 1 aliphatic rings. The van der Waals surface area contributed by atoms with Crippen LogP contribution in [0.15, 0.2) is 69.9 Å². The number of fused-ring (bicyclic) bond motifs is 3. The number of methoxy groups -OCH3 is 1. The summed E-state index contributed by atoms with van der Waals surface area (Å²) in [7, 11) is 1.58. The fraction of sp³-hybridized carbons (Fsp3) is 0.150. The lowest BCUT2D eigenvalue weighted by Crippen LogP contribution is -2.36. The second-order valence-corrected chi connectivity index (χ2v) is 5.84. The van der Waals surface area contributed by atoms with E-state index in [-0.39, 0.29) is 0 Å². The third kappa shape index (κ3) is 2.23. The summed E-state index contributed by atoms with van der Waals surface area (Å²) in [5.41, 5.74) is 2.16. The van der Waals surface area contributed by atoms with Crippen molar-refractivity contribution in [3.63, 3.8) is 0 Å². The van der Waals surface area contributed by atoms with E-state index in [0.29, 0.717) is 16.9 Å². The van der Waals surface area contributed by atoms with Crippen LogP contribution in [0.1, 0.15) is 18.1 Å². The van der Waals surface area contributed by atoms with Crippen LogP contribution in [-0.2, 0) is 4.74 Å². The number of para-hydroxylation sites is 1. The van der Waals surface area contributed by atoms with Gasteiger partial charge in [-0.05, 0) is 23.8 Å². The van der Waals surface area contributed by atoms with E-state index >= 15 is 0 Å². The molecule has 0 saturated carbocycles. The highest BCUT2D eigenvalue weighted by Crippen LogP contribution is 2.41. The molecule has 0 N–H and O–H groups in total. The molecule has 4 nitrogen and oxygen atoms in total. The van der Waals surface area contributed by atoms with Crippen molar-refractivity contribution in [2.24, 2.45) is 0 Å². The molecule has 120 valence electrons. The number of benzene rings is 2. The van der Waals surface area contributed by atoms with Crippen LogP contribution in [0.25, 0.3) is 16.5 Å². The number of hydrogen-bond donors (Lipinski definition) is 0. The normalized spacial score (nSPS) is 19.5. The molecule has 0 radical (unpaired) electrons. The van der Waals surface area contributed by atoms with E-state index in [1.807, 2.05) is 61.5 Å². The Morgan fingerprint density at radius 2 is 1.71 bits per heavy atom. The fourth-order valence-electron chi connectivity index (χ4n) is 2.97. The fourth-order valence-corrected chi connectivity index (χ4v) is 2.97. The van der Waals surface area contributed by atoms with E-state index in [1.165, 1.54) is 0 Å². The molecule has 0 saturated heterocycles. The van der Waals surface area contributed by atoms with Gasteiger partial charge in [-0.15, -0.1) is 0 Å². The van der Waals surface area contributed by atoms with E-state index in [2.05, 4.69) is 0 Å². The quantitative estimate of drug-likeness (QED) is 0.670. The van der Waals surface area contributed by atoms with Gasteiger partial charge in [-0.2, -0.15) is 0 Å². The van der Waals surface area contributed by atoms with Crippen LogP contribution >= 0.6 is 0 Å². The summed E-state index contributed by atoms with van der Waals surface area (Å²) in [6.45, 7) is 1.82. The average Bonchev–Trinajstić information content (AvgIpc) is 2.62. The van der Waals surface area contributed by atoms with Gasteiger partial charge in [-0.1, -0.05) is 42.5 Å². The van der Waals surface area contributed by atoms with Gasteiger partial charge in [0.15, 0.2) is 0 Å². The summed E-state index contributed by atoms with van der Waals surface area (Å²) in [6, 6.07) is 17.0. The monoisotopic (exact) mass is 320 g/mol. The molecule has 1 atom stereocenters. The summed E-state index contributed by atoms with van der Waals surface area (Å²) in [5.74, 6) is -0.470. The third-order valence-corrected chi connectivity index (χ3v) is 4.24. The van der Waals surface area contributed by atoms with Crippen LogP contribution in [0, 0.1) is 0 Å². The van der Waals surface area contributed by atoms with Crippen LogP contribution in [0.2, 0.25) is 0 Å². The van der Waals surface area contributed by atoms with Gasteiger partial charge < -0.3 is 13.9 Å². The van der Waals surface area contributed by atoms with Crippen molar-refractivity contribution in [3.05, 3.63) is 82.2 Å². The molecule has 0 aliphatic carbocycles. The summed E-state index contributed by atoms with van der Waals surface area (Å²) >= 11 is 0. The van der Waals surface area contributed by atoms with Gasteiger partial charge in [-0.25, -0.2) is 4.79 Å². The van der Waals surface area contributed by atoms with Crippen molar-refractivity contribution in [1.82, 2.24) is 0 Å². The van der Waals surface area contributed by atoms with Crippen LogP contribution in [0.3, 0.4) is 0 Å². The van der Waals surface area contributed by atoms with Gasteiger partial charge in [-0.3, -0.25) is 0 Å². The molecule has 0 bridgehead atoms. The first-order valence-corrected chi connectivity index (χ1v) is 7.70. The lowest BCUT2D eigenvalue weighted by atomic mass is 9.93. The topological polar surface area (TPSA) is 48.7 Å². The molecule has 0 spiro atoms. The minimum absolute atomic E-state index is 0.419. The van der Waals surface area contributed by atoms with Crippen LogP contribution in [0.5, 0.6) is 5.75 Å². The molecule has 2 heterocycles. The average molecular weight is 320 g/mol. The predicted octanol–water partition coefficient (Wildman–Crippen LogP) is 3.98. The Bertz CT molecular complexity index is 1000. The standard InChI is InChI=1S/C20H16O4/c1-20(22-2)12-15(13-8-4-3-5-9-13)17-18(24-20)14-10-6-7-11-16(14)23-19(17)21/h3-12H,1-2H3. The van der Waals surface area contributed by atoms with Crippen LogP contribution in [-0.4, -0.2) is 12.9 Å². The highest BCUT2D eigenvalue weighted by molar-refractivity contribution is 5.93. The minimum Gasteiger partial charge on any atom is -0.457 e. The molecule has 3 aromatic rings. The maximum atomic E-state index is 12.6. The molecule has 4 heteroatoms. The van der Waals surface area contributed by atoms with Crippen molar-refractivity contribution in [3.8, 4) is 5.75 Å². The lowest BCUT2D eigenvalue weighted by molar-refractivity contribution is -0.110. The zero-order valence-electron chi connectivity index (χ0n) is 13.4. The first kappa shape index (κ1) is 14.7. The van der Waals surface area contributed by atoms with E-state index in [4.69, 9.17) is 13.9 Å². The highest BCUT2D eigenvalue weighted by Gasteiger charge is 2.35. The van der Waals surface area contributed by atoms with Gasteiger partial charge in [0.05, 0.1) is 5.39 Å². The Morgan fingerprint density at radius 1 is 1.00 bits per heavy atom. The van der Waals surface area contributed by atoms with Gasteiger partial charge in [0.25, 0.3) is 0 Å². The molecular formula is C20H16O4. The molecule has 1 aliphatic heterocycles. The Balaban J connectivity index is 2.09. The zero-order valence-corrected chi connectivity index (χ0v) is 13.4. The largest absolute Gasteiger partial charge is 0.457 e. The second-order valence-electron chi connectivity index (χ2n) is 5.84. The highest BCUT2D eigenvalue weighted by atomic mass is 16.7. The smallest absolute Gasteiger partial charge is 0.348 e. The van der Waals surface area contributed by atoms with Crippen LogP contribution in [0.4, 0.5) is 0 Å². The Morgan fingerprint density at radius 3 is 2.46 bits per heavy atom. The van der Waals surface area contributed by atoms with E-state index in [9.17, 15) is 4.79 Å². The molecule has 1 aromatic heterocycles.